The number of benzene rings is 1. The molecule has 0 spiro atoms. The SMILES string of the molecule is C/C=C(/C(C)=O)C(=O)/C=C1\NC(C(C)(C)C)Cc2cc(/C(=C/C=N)N(C)C)c(C)cc21. The van der Waals surface area contributed by atoms with Crippen molar-refractivity contribution in [3.63, 3.8) is 0 Å². The predicted octanol–water partition coefficient (Wildman–Crippen LogP) is 4.55. The minimum absolute atomic E-state index is 0.0238. The fourth-order valence-corrected chi connectivity index (χ4v) is 3.91. The largest absolute Gasteiger partial charge is 0.381 e. The second-order valence-corrected chi connectivity index (χ2v) is 9.39. The molecule has 0 radical (unpaired) electrons. The van der Waals surface area contributed by atoms with Gasteiger partial charge in [0, 0.05) is 54.9 Å². The molecule has 0 bridgehead atoms. The first-order valence-corrected chi connectivity index (χ1v) is 10.6. The smallest absolute Gasteiger partial charge is 0.191 e. The van der Waals surface area contributed by atoms with Crippen LogP contribution in [0.2, 0.25) is 0 Å². The van der Waals surface area contributed by atoms with Gasteiger partial charge in [0.1, 0.15) is 0 Å². The van der Waals surface area contributed by atoms with Gasteiger partial charge in [-0.3, -0.25) is 9.59 Å². The summed E-state index contributed by atoms with van der Waals surface area (Å²) in [5.74, 6) is -0.510. The highest BCUT2D eigenvalue weighted by molar-refractivity contribution is 6.24. The van der Waals surface area contributed by atoms with Gasteiger partial charge >= 0.3 is 0 Å². The average molecular weight is 422 g/mol. The fourth-order valence-electron chi connectivity index (χ4n) is 3.91. The van der Waals surface area contributed by atoms with Crippen LogP contribution in [0.1, 0.15) is 56.9 Å². The van der Waals surface area contributed by atoms with E-state index in [-0.39, 0.29) is 28.6 Å². The summed E-state index contributed by atoms with van der Waals surface area (Å²) in [6, 6.07) is 4.41. The first-order valence-electron chi connectivity index (χ1n) is 10.6. The van der Waals surface area contributed by atoms with Crippen molar-refractivity contribution in [1.29, 1.82) is 5.41 Å². The molecular weight excluding hydrogens is 386 g/mol. The third kappa shape index (κ3) is 5.40. The highest BCUT2D eigenvalue weighted by Gasteiger charge is 2.32. The van der Waals surface area contributed by atoms with Crippen LogP contribution in [0.3, 0.4) is 0 Å². The summed E-state index contributed by atoms with van der Waals surface area (Å²) in [6.45, 7) is 11.7. The zero-order chi connectivity index (χ0) is 23.5. The van der Waals surface area contributed by atoms with Crippen molar-refractivity contribution < 1.29 is 9.59 Å². The van der Waals surface area contributed by atoms with Crippen molar-refractivity contribution >= 4 is 29.2 Å². The number of nitrogens with zero attached hydrogens (tertiary/aromatic N) is 1. The van der Waals surface area contributed by atoms with Gasteiger partial charge in [-0.05, 0) is 61.9 Å². The molecule has 1 heterocycles. The second kappa shape index (κ2) is 9.46. The predicted molar refractivity (Wildman–Crippen MR) is 129 cm³/mol. The van der Waals surface area contributed by atoms with Gasteiger partial charge in [-0.15, -0.1) is 0 Å². The van der Waals surface area contributed by atoms with Crippen LogP contribution in [0, 0.1) is 17.7 Å². The minimum atomic E-state index is -0.280. The van der Waals surface area contributed by atoms with E-state index in [1.54, 1.807) is 25.2 Å². The van der Waals surface area contributed by atoms with Crippen LogP contribution in [0.4, 0.5) is 0 Å². The van der Waals surface area contributed by atoms with Crippen molar-refractivity contribution in [2.24, 2.45) is 5.41 Å². The van der Waals surface area contributed by atoms with Gasteiger partial charge < -0.3 is 15.6 Å². The molecular formula is C26H35N3O2. The van der Waals surface area contributed by atoms with Gasteiger partial charge in [-0.2, -0.15) is 0 Å². The monoisotopic (exact) mass is 421 g/mol. The number of carbonyl (C=O) groups excluding carboxylic acids is 2. The van der Waals surface area contributed by atoms with Crippen molar-refractivity contribution in [1.82, 2.24) is 10.2 Å². The third-order valence-corrected chi connectivity index (χ3v) is 5.75. The van der Waals surface area contributed by atoms with E-state index in [0.29, 0.717) is 0 Å². The minimum Gasteiger partial charge on any atom is -0.381 e. The number of hydrogen-bond acceptors (Lipinski definition) is 5. The summed E-state index contributed by atoms with van der Waals surface area (Å²) in [5.41, 5.74) is 6.18. The van der Waals surface area contributed by atoms with E-state index in [1.165, 1.54) is 13.1 Å². The van der Waals surface area contributed by atoms with Gasteiger partial charge in [-0.1, -0.05) is 26.8 Å². The van der Waals surface area contributed by atoms with E-state index in [4.69, 9.17) is 5.41 Å². The molecule has 1 unspecified atom stereocenters. The molecule has 0 saturated carbocycles. The molecule has 1 atom stereocenters. The molecule has 1 aliphatic rings. The summed E-state index contributed by atoms with van der Waals surface area (Å²) < 4.78 is 0. The molecule has 0 amide bonds. The Morgan fingerprint density at radius 2 is 1.87 bits per heavy atom. The first-order chi connectivity index (χ1) is 14.4. The van der Waals surface area contributed by atoms with Crippen LogP contribution in [0.15, 0.2) is 35.9 Å². The molecule has 2 N–H and O–H groups in total. The zero-order valence-electron chi connectivity index (χ0n) is 20.0. The molecule has 2 rings (SSSR count). The Hall–Kier alpha value is -2.95. The summed E-state index contributed by atoms with van der Waals surface area (Å²) in [5, 5.41) is 11.1. The Balaban J connectivity index is 2.70. The Kier molecular flexibility index (Phi) is 7.42. The lowest BCUT2D eigenvalue weighted by Gasteiger charge is -2.38. The second-order valence-electron chi connectivity index (χ2n) is 9.39. The molecule has 0 aliphatic carbocycles. The normalized spacial score (nSPS) is 18.3. The highest BCUT2D eigenvalue weighted by atomic mass is 16.1. The number of aryl methyl sites for hydroxylation is 1. The maximum atomic E-state index is 12.8. The van der Waals surface area contributed by atoms with Gasteiger partial charge in [0.05, 0.1) is 5.57 Å². The quantitative estimate of drug-likeness (QED) is 0.306. The van der Waals surface area contributed by atoms with E-state index in [2.05, 4.69) is 38.2 Å². The Labute approximate surface area is 186 Å². The number of rotatable bonds is 6. The van der Waals surface area contributed by atoms with Crippen molar-refractivity contribution in [3.05, 3.63) is 58.2 Å². The van der Waals surface area contributed by atoms with E-state index < -0.39 is 0 Å². The zero-order valence-corrected chi connectivity index (χ0v) is 20.0. The van der Waals surface area contributed by atoms with Crippen LogP contribution in [-0.2, 0) is 16.0 Å². The van der Waals surface area contributed by atoms with Crippen LogP contribution in [0.5, 0.6) is 0 Å². The molecule has 166 valence electrons. The Morgan fingerprint density at radius 1 is 1.23 bits per heavy atom. The number of hydrogen-bond donors (Lipinski definition) is 2. The van der Waals surface area contributed by atoms with E-state index in [9.17, 15) is 9.59 Å². The van der Waals surface area contributed by atoms with Crippen LogP contribution in [-0.4, -0.2) is 42.8 Å². The summed E-state index contributed by atoms with van der Waals surface area (Å²) >= 11 is 0. The van der Waals surface area contributed by atoms with Crippen molar-refractivity contribution in [2.45, 2.75) is 54.0 Å². The molecule has 0 aromatic heterocycles. The molecule has 1 aromatic carbocycles. The summed E-state index contributed by atoms with van der Waals surface area (Å²) in [4.78, 5) is 26.7. The van der Waals surface area contributed by atoms with E-state index >= 15 is 0 Å². The molecule has 1 aromatic rings. The topological polar surface area (TPSA) is 73.3 Å². The lowest BCUT2D eigenvalue weighted by molar-refractivity contribution is -0.118. The highest BCUT2D eigenvalue weighted by Crippen LogP contribution is 2.35. The molecule has 0 saturated heterocycles. The number of Topliss-reactive ketones (excluding diaryl/α,β-unsaturated/α-hetero) is 1. The van der Waals surface area contributed by atoms with Crippen molar-refractivity contribution in [3.8, 4) is 0 Å². The molecule has 31 heavy (non-hydrogen) atoms. The Bertz CT molecular complexity index is 989. The van der Waals surface area contributed by atoms with Crippen LogP contribution < -0.4 is 5.32 Å². The van der Waals surface area contributed by atoms with E-state index in [1.807, 2.05) is 25.9 Å². The number of fused-ring (bicyclic) bond motifs is 1. The van der Waals surface area contributed by atoms with Gasteiger partial charge in [0.2, 0.25) is 0 Å². The average Bonchev–Trinajstić information content (AvgIpc) is 2.65. The third-order valence-electron chi connectivity index (χ3n) is 5.75. The maximum absolute atomic E-state index is 12.8. The standard InChI is InChI=1S/C26H35N3O2/c1-9-19(17(3)30)24(31)15-22-21-12-16(2)20(23(10-11-27)29(7)8)13-18(21)14-25(28-22)26(4,5)6/h9-13,15,25,27-28H,14H2,1-8H3/b19-9-,22-15-,23-10-,27-11?. The van der Waals surface area contributed by atoms with E-state index in [0.717, 1.165) is 40.1 Å². The van der Waals surface area contributed by atoms with Gasteiger partial charge in [0.15, 0.2) is 11.6 Å². The lowest BCUT2D eigenvalue weighted by atomic mass is 9.78. The van der Waals surface area contributed by atoms with Crippen LogP contribution in [0.25, 0.3) is 11.4 Å². The molecule has 0 fully saturated rings. The summed E-state index contributed by atoms with van der Waals surface area (Å²) in [6.07, 6.45) is 7.06. The van der Waals surface area contributed by atoms with Crippen LogP contribution >= 0.6 is 0 Å². The number of nitrogens with one attached hydrogen (secondary N) is 2. The lowest BCUT2D eigenvalue weighted by Crippen LogP contribution is -2.44. The molecule has 5 nitrogen and oxygen atoms in total. The maximum Gasteiger partial charge on any atom is 0.191 e. The number of allylic oxidation sites excluding steroid dienone is 4. The Morgan fingerprint density at radius 3 is 2.35 bits per heavy atom. The number of carbonyl (C=O) groups is 2. The molecule has 1 aliphatic heterocycles. The summed E-state index contributed by atoms with van der Waals surface area (Å²) in [7, 11) is 3.94. The number of ketones is 2. The fraction of sp³-hybridized carbons (Fsp3) is 0.423. The first kappa shape index (κ1) is 24.3. The van der Waals surface area contributed by atoms with Gasteiger partial charge in [-0.25, -0.2) is 0 Å². The molecule has 5 heteroatoms. The van der Waals surface area contributed by atoms with Crippen molar-refractivity contribution in [2.75, 3.05) is 14.1 Å². The van der Waals surface area contributed by atoms with Gasteiger partial charge in [0.25, 0.3) is 0 Å².